The molecule has 1 aromatic heterocycles. The molecular weight excluding hydrogens is 538 g/mol. The van der Waals surface area contributed by atoms with E-state index in [0.29, 0.717) is 48.7 Å². The Balaban J connectivity index is 1.23. The Kier molecular flexibility index (Phi) is 6.28. The summed E-state index contributed by atoms with van der Waals surface area (Å²) in [7, 11) is 0. The third kappa shape index (κ3) is 4.40. The first-order valence-corrected chi connectivity index (χ1v) is 13.5. The van der Waals surface area contributed by atoms with Crippen LogP contribution >= 0.6 is 0 Å². The lowest BCUT2D eigenvalue weighted by atomic mass is 9.97. The molecule has 1 N–H and O–H groups in total. The van der Waals surface area contributed by atoms with E-state index in [1.54, 1.807) is 35.2 Å². The molecule has 210 valence electrons. The summed E-state index contributed by atoms with van der Waals surface area (Å²) in [5.41, 5.74) is 1.70. The number of hydrogen-bond acceptors (Lipinski definition) is 8. The van der Waals surface area contributed by atoms with Gasteiger partial charge in [-0.25, -0.2) is 4.79 Å². The van der Waals surface area contributed by atoms with Gasteiger partial charge in [0.1, 0.15) is 22.5 Å². The smallest absolute Gasteiger partial charge is 0.415 e. The van der Waals surface area contributed by atoms with E-state index in [1.807, 2.05) is 60.7 Å². The van der Waals surface area contributed by atoms with Gasteiger partial charge < -0.3 is 33.4 Å². The number of benzene rings is 4. The van der Waals surface area contributed by atoms with Gasteiger partial charge in [-0.1, -0.05) is 60.7 Å². The predicted molar refractivity (Wildman–Crippen MR) is 153 cm³/mol. The summed E-state index contributed by atoms with van der Waals surface area (Å²) in [5, 5.41) is 11.2. The molecule has 1 amide bonds. The highest BCUT2D eigenvalue weighted by atomic mass is 16.7. The third-order valence-corrected chi connectivity index (χ3v) is 7.33. The number of carbonyl (C=O) groups excluding carboxylic acids is 1. The fraction of sp³-hybridized carbons (Fsp3) is 0.152. The maximum absolute atomic E-state index is 13.3. The highest BCUT2D eigenvalue weighted by Crippen LogP contribution is 2.53. The van der Waals surface area contributed by atoms with Crippen molar-refractivity contribution >= 4 is 17.1 Å². The maximum atomic E-state index is 13.3. The molecule has 0 spiro atoms. The largest absolute Gasteiger partial charge is 0.504 e. The molecule has 1 fully saturated rings. The van der Waals surface area contributed by atoms with Gasteiger partial charge in [-0.3, -0.25) is 4.79 Å². The average Bonchev–Trinajstić information content (AvgIpc) is 3.44. The molecule has 4 aromatic carbocycles. The minimum atomic E-state index is -1.37. The lowest BCUT2D eigenvalue weighted by molar-refractivity contribution is -0.0466. The first kappa shape index (κ1) is 25.7. The number of nitrogens with zero attached hydrogens (tertiary/aromatic N) is 1. The zero-order valence-corrected chi connectivity index (χ0v) is 22.3. The average molecular weight is 564 g/mol. The van der Waals surface area contributed by atoms with Gasteiger partial charge in [0.15, 0.2) is 16.9 Å². The number of carbonyl (C=O) groups is 1. The van der Waals surface area contributed by atoms with E-state index in [-0.39, 0.29) is 34.0 Å². The number of ether oxygens (including phenoxy) is 4. The second kappa shape index (κ2) is 10.3. The molecule has 0 saturated carbocycles. The molecule has 7 rings (SSSR count). The number of aromatic hydroxyl groups is 1. The van der Waals surface area contributed by atoms with E-state index in [1.165, 1.54) is 6.07 Å². The number of rotatable bonds is 4. The summed E-state index contributed by atoms with van der Waals surface area (Å²) >= 11 is 0. The Hall–Kier alpha value is -5.28. The number of hydrogen-bond donors (Lipinski definition) is 1. The number of amides is 1. The van der Waals surface area contributed by atoms with E-state index in [4.69, 9.17) is 23.4 Å². The van der Waals surface area contributed by atoms with Crippen molar-refractivity contribution in [3.8, 4) is 34.3 Å². The van der Waals surface area contributed by atoms with Gasteiger partial charge in [0.25, 0.3) is 0 Å². The van der Waals surface area contributed by atoms with Crippen LogP contribution in [0.3, 0.4) is 0 Å². The Bertz CT molecular complexity index is 1790. The summed E-state index contributed by atoms with van der Waals surface area (Å²) in [4.78, 5) is 27.3. The van der Waals surface area contributed by atoms with Crippen molar-refractivity contribution in [2.75, 3.05) is 26.3 Å². The van der Waals surface area contributed by atoms with Gasteiger partial charge >= 0.3 is 11.9 Å². The SMILES string of the molecule is O=C(Oc1ccc(-c2cc(=O)c3c(O)c4c(cc3o2)OC(c2ccccc2)(c2ccccc2)O4)cc1)N1CCOCC1. The van der Waals surface area contributed by atoms with E-state index < -0.39 is 17.3 Å². The summed E-state index contributed by atoms with van der Waals surface area (Å²) in [6.07, 6.45) is -0.447. The fourth-order valence-corrected chi connectivity index (χ4v) is 5.21. The van der Waals surface area contributed by atoms with Gasteiger partial charge in [-0.15, -0.1) is 0 Å². The van der Waals surface area contributed by atoms with Gasteiger partial charge in [0.2, 0.25) is 5.75 Å². The zero-order valence-electron chi connectivity index (χ0n) is 22.3. The molecule has 1 saturated heterocycles. The lowest BCUT2D eigenvalue weighted by Crippen LogP contribution is -2.42. The van der Waals surface area contributed by atoms with Crippen molar-refractivity contribution < 1.29 is 33.3 Å². The van der Waals surface area contributed by atoms with Crippen molar-refractivity contribution in [2.45, 2.75) is 5.79 Å². The number of phenolic OH excluding ortho intramolecular Hbond substituents is 1. The van der Waals surface area contributed by atoms with Crippen LogP contribution in [0.5, 0.6) is 23.0 Å². The van der Waals surface area contributed by atoms with E-state index >= 15 is 0 Å². The second-order valence-corrected chi connectivity index (χ2v) is 9.94. The van der Waals surface area contributed by atoms with Crippen molar-refractivity contribution in [3.63, 3.8) is 0 Å². The van der Waals surface area contributed by atoms with Crippen molar-refractivity contribution in [3.05, 3.63) is 118 Å². The zero-order chi connectivity index (χ0) is 28.7. The predicted octanol–water partition coefficient (Wildman–Crippen LogP) is 5.67. The molecule has 0 unspecified atom stereocenters. The highest BCUT2D eigenvalue weighted by Gasteiger charge is 2.47. The molecule has 0 radical (unpaired) electrons. The Labute approximate surface area is 240 Å². The van der Waals surface area contributed by atoms with Gasteiger partial charge in [-0.2, -0.15) is 0 Å². The second-order valence-electron chi connectivity index (χ2n) is 9.94. The minimum Gasteiger partial charge on any atom is -0.504 e. The Morgan fingerprint density at radius 2 is 1.48 bits per heavy atom. The summed E-state index contributed by atoms with van der Waals surface area (Å²) in [6, 6.07) is 28.3. The van der Waals surface area contributed by atoms with Crippen LogP contribution in [-0.4, -0.2) is 42.4 Å². The van der Waals surface area contributed by atoms with Crippen LogP contribution in [0.4, 0.5) is 4.79 Å². The monoisotopic (exact) mass is 563 g/mol. The summed E-state index contributed by atoms with van der Waals surface area (Å²) < 4.78 is 29.6. The van der Waals surface area contributed by atoms with Gasteiger partial charge in [0.05, 0.1) is 13.2 Å². The van der Waals surface area contributed by atoms with Crippen LogP contribution in [0.15, 0.2) is 106 Å². The number of fused-ring (bicyclic) bond motifs is 2. The molecule has 42 heavy (non-hydrogen) atoms. The molecule has 9 nitrogen and oxygen atoms in total. The molecular formula is C33H25NO8. The van der Waals surface area contributed by atoms with E-state index in [2.05, 4.69) is 0 Å². The molecule has 0 atom stereocenters. The van der Waals surface area contributed by atoms with Gasteiger partial charge in [0, 0.05) is 41.9 Å². The van der Waals surface area contributed by atoms with Crippen molar-refractivity contribution in [2.24, 2.45) is 0 Å². The molecule has 0 aliphatic carbocycles. The summed E-state index contributed by atoms with van der Waals surface area (Å²) in [5.74, 6) is -0.811. The lowest BCUT2D eigenvalue weighted by Gasteiger charge is -2.28. The topological polar surface area (TPSA) is 108 Å². The van der Waals surface area contributed by atoms with Crippen molar-refractivity contribution in [1.29, 1.82) is 0 Å². The van der Waals surface area contributed by atoms with Crippen LogP contribution in [0, 0.1) is 0 Å². The first-order valence-electron chi connectivity index (χ1n) is 13.5. The van der Waals surface area contributed by atoms with Crippen LogP contribution in [0.25, 0.3) is 22.3 Å². The standard InChI is InChI=1S/C33H25NO8/c35-25-19-26(21-11-13-24(14-12-21)39-32(37)34-15-17-38-18-16-34)40-27-20-28-31(30(36)29(25)27)42-33(41-28,22-7-3-1-4-8-22)23-9-5-2-6-10-23/h1-14,19-20,36H,15-18H2. The molecule has 3 heterocycles. The van der Waals surface area contributed by atoms with Crippen LogP contribution in [0.1, 0.15) is 11.1 Å². The molecule has 2 aliphatic heterocycles. The molecule has 0 bridgehead atoms. The van der Waals surface area contributed by atoms with E-state index in [0.717, 1.165) is 0 Å². The number of morpholine rings is 1. The quantitative estimate of drug-likeness (QED) is 0.298. The van der Waals surface area contributed by atoms with Crippen LogP contribution in [0.2, 0.25) is 0 Å². The molecule has 5 aromatic rings. The Morgan fingerprint density at radius 3 is 2.12 bits per heavy atom. The van der Waals surface area contributed by atoms with Crippen molar-refractivity contribution in [1.82, 2.24) is 4.90 Å². The minimum absolute atomic E-state index is 0.0194. The van der Waals surface area contributed by atoms with Crippen LogP contribution < -0.4 is 19.6 Å². The first-order chi connectivity index (χ1) is 20.5. The summed E-state index contributed by atoms with van der Waals surface area (Å²) in [6.45, 7) is 1.90. The fourth-order valence-electron chi connectivity index (χ4n) is 5.21. The number of phenols is 1. The highest BCUT2D eigenvalue weighted by molar-refractivity contribution is 5.90. The molecule has 9 heteroatoms. The van der Waals surface area contributed by atoms with Gasteiger partial charge in [-0.05, 0) is 24.3 Å². The van der Waals surface area contributed by atoms with Crippen LogP contribution in [-0.2, 0) is 10.5 Å². The third-order valence-electron chi connectivity index (χ3n) is 7.33. The van der Waals surface area contributed by atoms with E-state index in [9.17, 15) is 14.7 Å². The normalized spacial score (nSPS) is 15.5. The Morgan fingerprint density at radius 1 is 0.833 bits per heavy atom. The molecule has 2 aliphatic rings. The maximum Gasteiger partial charge on any atom is 0.415 e.